The standard InChI is InChI=1S/C21H22N4O4S/c1-3-29-20(27)17-11-14-10-15(5-6-16(14)30-17)24-21(28)22-9-8-19(26)25-18-7-4-13(2)12-23-18/h4-7,10-12H,3,8-9H2,1-2H3,(H2,22,24,28)(H,23,25,26). The number of carbonyl (C=O) groups excluding carboxylic acids is 3. The first kappa shape index (κ1) is 21.3. The third kappa shape index (κ3) is 5.77. The third-order valence-electron chi connectivity index (χ3n) is 4.07. The van der Waals surface area contributed by atoms with Gasteiger partial charge in [-0.3, -0.25) is 4.79 Å². The van der Waals surface area contributed by atoms with Gasteiger partial charge in [0.25, 0.3) is 0 Å². The van der Waals surface area contributed by atoms with Crippen LogP contribution >= 0.6 is 11.3 Å². The highest BCUT2D eigenvalue weighted by molar-refractivity contribution is 7.20. The molecule has 156 valence electrons. The van der Waals surface area contributed by atoms with Crippen molar-refractivity contribution in [2.24, 2.45) is 0 Å². The zero-order valence-corrected chi connectivity index (χ0v) is 17.5. The van der Waals surface area contributed by atoms with E-state index in [2.05, 4.69) is 20.9 Å². The number of carbonyl (C=O) groups is 3. The number of rotatable bonds is 7. The van der Waals surface area contributed by atoms with Crippen LogP contribution in [0.5, 0.6) is 0 Å². The molecule has 0 spiro atoms. The number of nitrogens with zero attached hydrogens (tertiary/aromatic N) is 1. The van der Waals surface area contributed by atoms with Gasteiger partial charge in [-0.05, 0) is 55.1 Å². The van der Waals surface area contributed by atoms with Gasteiger partial charge in [0.15, 0.2) is 0 Å². The van der Waals surface area contributed by atoms with Crippen LogP contribution in [-0.4, -0.2) is 36.0 Å². The molecule has 2 heterocycles. The molecule has 0 bridgehead atoms. The zero-order chi connectivity index (χ0) is 21.5. The highest BCUT2D eigenvalue weighted by Crippen LogP contribution is 2.28. The second-order valence-electron chi connectivity index (χ2n) is 6.48. The minimum Gasteiger partial charge on any atom is -0.462 e. The highest BCUT2D eigenvalue weighted by Gasteiger charge is 2.12. The van der Waals surface area contributed by atoms with Gasteiger partial charge in [-0.2, -0.15) is 0 Å². The number of hydrogen-bond acceptors (Lipinski definition) is 6. The van der Waals surface area contributed by atoms with Gasteiger partial charge in [-0.1, -0.05) is 6.07 Å². The molecule has 0 saturated carbocycles. The van der Waals surface area contributed by atoms with E-state index >= 15 is 0 Å². The lowest BCUT2D eigenvalue weighted by Crippen LogP contribution is -2.31. The fourth-order valence-corrected chi connectivity index (χ4v) is 3.57. The van der Waals surface area contributed by atoms with Crippen molar-refractivity contribution in [3.05, 3.63) is 53.0 Å². The Kier molecular flexibility index (Phi) is 6.97. The fraction of sp³-hybridized carbons (Fsp3) is 0.238. The minimum absolute atomic E-state index is 0.120. The van der Waals surface area contributed by atoms with E-state index in [4.69, 9.17) is 4.74 Å². The van der Waals surface area contributed by atoms with Crippen molar-refractivity contribution in [1.82, 2.24) is 10.3 Å². The molecule has 30 heavy (non-hydrogen) atoms. The first-order chi connectivity index (χ1) is 14.4. The summed E-state index contributed by atoms with van der Waals surface area (Å²) < 4.78 is 5.94. The van der Waals surface area contributed by atoms with Gasteiger partial charge in [0.1, 0.15) is 10.7 Å². The molecule has 0 aliphatic rings. The molecule has 1 aromatic carbocycles. The number of esters is 1. The Balaban J connectivity index is 1.48. The number of aromatic nitrogens is 1. The molecule has 0 atom stereocenters. The van der Waals surface area contributed by atoms with Crippen molar-refractivity contribution < 1.29 is 19.1 Å². The van der Waals surface area contributed by atoms with E-state index in [0.29, 0.717) is 23.0 Å². The molecule has 9 heteroatoms. The van der Waals surface area contributed by atoms with E-state index in [-0.39, 0.29) is 24.8 Å². The molecule has 3 rings (SSSR count). The molecular weight excluding hydrogens is 404 g/mol. The van der Waals surface area contributed by atoms with Crippen LogP contribution in [0.15, 0.2) is 42.6 Å². The largest absolute Gasteiger partial charge is 0.462 e. The van der Waals surface area contributed by atoms with Crippen molar-refractivity contribution >= 4 is 50.8 Å². The second kappa shape index (κ2) is 9.84. The predicted molar refractivity (Wildman–Crippen MR) is 117 cm³/mol. The first-order valence-electron chi connectivity index (χ1n) is 9.42. The SMILES string of the molecule is CCOC(=O)c1cc2cc(NC(=O)NCCC(=O)Nc3ccc(C)cn3)ccc2s1. The van der Waals surface area contributed by atoms with Crippen molar-refractivity contribution in [2.45, 2.75) is 20.3 Å². The summed E-state index contributed by atoms with van der Waals surface area (Å²) in [5, 5.41) is 8.88. The molecule has 2 aromatic heterocycles. The van der Waals surface area contributed by atoms with Crippen LogP contribution in [0.3, 0.4) is 0 Å². The lowest BCUT2D eigenvalue weighted by atomic mass is 10.2. The van der Waals surface area contributed by atoms with Crippen molar-refractivity contribution in [2.75, 3.05) is 23.8 Å². The summed E-state index contributed by atoms with van der Waals surface area (Å²) in [6, 6.07) is 10.3. The number of amides is 3. The number of nitrogens with one attached hydrogen (secondary N) is 3. The Morgan fingerprint density at radius 2 is 1.93 bits per heavy atom. The molecule has 0 unspecified atom stereocenters. The summed E-state index contributed by atoms with van der Waals surface area (Å²) in [5.41, 5.74) is 1.59. The van der Waals surface area contributed by atoms with Gasteiger partial charge in [0.2, 0.25) is 5.91 Å². The molecule has 3 aromatic rings. The molecule has 3 N–H and O–H groups in total. The van der Waals surface area contributed by atoms with E-state index in [1.807, 2.05) is 19.1 Å². The van der Waals surface area contributed by atoms with Crippen LogP contribution < -0.4 is 16.0 Å². The molecule has 8 nitrogen and oxygen atoms in total. The minimum atomic E-state index is -0.420. The van der Waals surface area contributed by atoms with Crippen LogP contribution in [0.25, 0.3) is 10.1 Å². The number of fused-ring (bicyclic) bond motifs is 1. The van der Waals surface area contributed by atoms with Gasteiger partial charge in [0.05, 0.1) is 6.61 Å². The van der Waals surface area contributed by atoms with Crippen molar-refractivity contribution in [1.29, 1.82) is 0 Å². The lowest BCUT2D eigenvalue weighted by Gasteiger charge is -2.08. The Morgan fingerprint density at radius 1 is 1.10 bits per heavy atom. The fourth-order valence-electron chi connectivity index (χ4n) is 2.64. The zero-order valence-electron chi connectivity index (χ0n) is 16.7. The maximum absolute atomic E-state index is 12.1. The summed E-state index contributed by atoms with van der Waals surface area (Å²) in [4.78, 5) is 40.5. The summed E-state index contributed by atoms with van der Waals surface area (Å²) in [5.74, 6) is -0.121. The van der Waals surface area contributed by atoms with E-state index < -0.39 is 6.03 Å². The van der Waals surface area contributed by atoms with Gasteiger partial charge in [-0.15, -0.1) is 11.3 Å². The van der Waals surface area contributed by atoms with Crippen LogP contribution in [-0.2, 0) is 9.53 Å². The monoisotopic (exact) mass is 426 g/mol. The van der Waals surface area contributed by atoms with Crippen LogP contribution in [0.1, 0.15) is 28.6 Å². The van der Waals surface area contributed by atoms with Crippen LogP contribution in [0.4, 0.5) is 16.3 Å². The van der Waals surface area contributed by atoms with Crippen LogP contribution in [0.2, 0.25) is 0 Å². The molecular formula is C21H22N4O4S. The normalized spacial score (nSPS) is 10.5. The Hall–Kier alpha value is -3.46. The number of pyridine rings is 1. The maximum atomic E-state index is 12.1. The molecule has 0 radical (unpaired) electrons. The van der Waals surface area contributed by atoms with E-state index in [1.54, 1.807) is 37.4 Å². The van der Waals surface area contributed by atoms with E-state index in [9.17, 15) is 14.4 Å². The van der Waals surface area contributed by atoms with Crippen molar-refractivity contribution in [3.63, 3.8) is 0 Å². The summed E-state index contributed by atoms with van der Waals surface area (Å²) >= 11 is 1.34. The Morgan fingerprint density at radius 3 is 2.67 bits per heavy atom. The van der Waals surface area contributed by atoms with E-state index in [0.717, 1.165) is 15.6 Å². The topological polar surface area (TPSA) is 109 Å². The number of urea groups is 1. The molecule has 3 amide bonds. The lowest BCUT2D eigenvalue weighted by molar-refractivity contribution is -0.116. The van der Waals surface area contributed by atoms with Crippen molar-refractivity contribution in [3.8, 4) is 0 Å². The molecule has 0 aliphatic carbocycles. The molecule has 0 aliphatic heterocycles. The quantitative estimate of drug-likeness (QED) is 0.496. The van der Waals surface area contributed by atoms with Gasteiger partial charge < -0.3 is 20.7 Å². The smallest absolute Gasteiger partial charge is 0.348 e. The molecule has 0 fully saturated rings. The first-order valence-corrected chi connectivity index (χ1v) is 10.2. The average molecular weight is 426 g/mol. The number of ether oxygens (including phenoxy) is 1. The number of aryl methyl sites for hydroxylation is 1. The van der Waals surface area contributed by atoms with Gasteiger partial charge in [0, 0.05) is 29.5 Å². The Labute approximate surface area is 177 Å². The second-order valence-corrected chi connectivity index (χ2v) is 7.57. The average Bonchev–Trinajstić information content (AvgIpc) is 3.13. The number of anilines is 2. The highest BCUT2D eigenvalue weighted by atomic mass is 32.1. The maximum Gasteiger partial charge on any atom is 0.348 e. The summed E-state index contributed by atoms with van der Waals surface area (Å²) in [7, 11) is 0. The number of benzene rings is 1. The van der Waals surface area contributed by atoms with E-state index in [1.165, 1.54) is 11.3 Å². The number of thiophene rings is 1. The van der Waals surface area contributed by atoms with Crippen LogP contribution in [0, 0.1) is 6.92 Å². The van der Waals surface area contributed by atoms with Gasteiger partial charge in [-0.25, -0.2) is 14.6 Å². The Bertz CT molecular complexity index is 1060. The summed E-state index contributed by atoms with van der Waals surface area (Å²) in [6.45, 7) is 4.17. The third-order valence-corrected chi connectivity index (χ3v) is 5.16. The summed E-state index contributed by atoms with van der Waals surface area (Å²) in [6.07, 6.45) is 1.79. The van der Waals surface area contributed by atoms with Gasteiger partial charge >= 0.3 is 12.0 Å². The molecule has 0 saturated heterocycles. The number of hydrogen-bond donors (Lipinski definition) is 3. The predicted octanol–water partition coefficient (Wildman–Crippen LogP) is 3.93.